The highest BCUT2D eigenvalue weighted by atomic mass is 16.5. The molecule has 0 bridgehead atoms. The molecule has 0 aromatic heterocycles. The molecular formula is C11H21NO2. The van der Waals surface area contributed by atoms with Crippen LogP contribution in [0.15, 0.2) is 0 Å². The van der Waals surface area contributed by atoms with E-state index in [2.05, 4.69) is 12.2 Å². The van der Waals surface area contributed by atoms with E-state index >= 15 is 0 Å². The zero-order valence-corrected chi connectivity index (χ0v) is 9.38. The molecule has 1 saturated carbocycles. The summed E-state index contributed by atoms with van der Waals surface area (Å²) >= 11 is 0. The van der Waals surface area contributed by atoms with Gasteiger partial charge in [-0.15, -0.1) is 0 Å². The molecule has 1 rings (SSSR count). The standard InChI is InChI=1S/C11H21NO2/c1-4-10(9-6-7-9)12-8(3)11(13)14-5-2/h8-10,12H,4-7H2,1-3H3. The van der Waals surface area contributed by atoms with Crippen molar-refractivity contribution < 1.29 is 9.53 Å². The lowest BCUT2D eigenvalue weighted by molar-refractivity contribution is -0.145. The van der Waals surface area contributed by atoms with Crippen molar-refractivity contribution in [2.75, 3.05) is 6.61 Å². The van der Waals surface area contributed by atoms with Gasteiger partial charge in [-0.25, -0.2) is 0 Å². The number of hydrogen-bond acceptors (Lipinski definition) is 3. The van der Waals surface area contributed by atoms with Crippen LogP contribution in [0.5, 0.6) is 0 Å². The van der Waals surface area contributed by atoms with Gasteiger partial charge >= 0.3 is 5.97 Å². The first-order chi connectivity index (χ1) is 6.69. The number of ether oxygens (including phenoxy) is 1. The summed E-state index contributed by atoms with van der Waals surface area (Å²) in [5.41, 5.74) is 0. The second kappa shape index (κ2) is 5.35. The maximum atomic E-state index is 11.4. The minimum Gasteiger partial charge on any atom is -0.465 e. The lowest BCUT2D eigenvalue weighted by atomic mass is 10.1. The van der Waals surface area contributed by atoms with Gasteiger partial charge < -0.3 is 10.1 Å². The molecule has 2 atom stereocenters. The van der Waals surface area contributed by atoms with Gasteiger partial charge in [-0.3, -0.25) is 4.79 Å². The van der Waals surface area contributed by atoms with Crippen LogP contribution < -0.4 is 5.32 Å². The molecule has 1 aliphatic rings. The van der Waals surface area contributed by atoms with Crippen molar-refractivity contribution in [3.63, 3.8) is 0 Å². The Balaban J connectivity index is 2.29. The predicted molar refractivity (Wildman–Crippen MR) is 56.0 cm³/mol. The van der Waals surface area contributed by atoms with E-state index in [1.165, 1.54) is 12.8 Å². The average molecular weight is 199 g/mol. The third kappa shape index (κ3) is 3.29. The van der Waals surface area contributed by atoms with Gasteiger partial charge in [-0.05, 0) is 39.0 Å². The van der Waals surface area contributed by atoms with Crippen molar-refractivity contribution in [3.05, 3.63) is 0 Å². The van der Waals surface area contributed by atoms with Gasteiger partial charge in [-0.2, -0.15) is 0 Å². The van der Waals surface area contributed by atoms with Crippen molar-refractivity contribution in [2.45, 2.75) is 52.1 Å². The van der Waals surface area contributed by atoms with E-state index in [9.17, 15) is 4.79 Å². The highest BCUT2D eigenvalue weighted by Gasteiger charge is 2.31. The Bertz CT molecular complexity index is 190. The van der Waals surface area contributed by atoms with Crippen molar-refractivity contribution >= 4 is 5.97 Å². The van der Waals surface area contributed by atoms with Crippen molar-refractivity contribution in [2.24, 2.45) is 5.92 Å². The van der Waals surface area contributed by atoms with Crippen LogP contribution in [0.1, 0.15) is 40.0 Å². The van der Waals surface area contributed by atoms with E-state index in [0.29, 0.717) is 12.6 Å². The van der Waals surface area contributed by atoms with E-state index in [1.807, 2.05) is 13.8 Å². The number of rotatable bonds is 6. The molecular weight excluding hydrogens is 178 g/mol. The molecule has 0 heterocycles. The second-order valence-electron chi connectivity index (χ2n) is 3.99. The molecule has 3 heteroatoms. The molecule has 3 nitrogen and oxygen atoms in total. The molecule has 1 N–H and O–H groups in total. The second-order valence-corrected chi connectivity index (χ2v) is 3.99. The molecule has 0 spiro atoms. The maximum Gasteiger partial charge on any atom is 0.322 e. The zero-order chi connectivity index (χ0) is 10.6. The molecule has 0 aromatic carbocycles. The summed E-state index contributed by atoms with van der Waals surface area (Å²) in [5, 5.41) is 3.34. The van der Waals surface area contributed by atoms with Crippen LogP contribution in [0.25, 0.3) is 0 Å². The van der Waals surface area contributed by atoms with Crippen LogP contribution >= 0.6 is 0 Å². The monoisotopic (exact) mass is 199 g/mol. The van der Waals surface area contributed by atoms with Gasteiger partial charge in [0, 0.05) is 6.04 Å². The van der Waals surface area contributed by atoms with E-state index in [1.54, 1.807) is 0 Å². The molecule has 0 saturated heterocycles. The summed E-state index contributed by atoms with van der Waals surface area (Å²) < 4.78 is 4.95. The fourth-order valence-corrected chi connectivity index (χ4v) is 1.74. The maximum absolute atomic E-state index is 11.4. The molecule has 0 aromatic rings. The quantitative estimate of drug-likeness (QED) is 0.662. The topological polar surface area (TPSA) is 38.3 Å². The van der Waals surface area contributed by atoms with Crippen LogP contribution in [0.4, 0.5) is 0 Å². The molecule has 0 amide bonds. The van der Waals surface area contributed by atoms with E-state index in [-0.39, 0.29) is 12.0 Å². The lowest BCUT2D eigenvalue weighted by Gasteiger charge is -2.20. The van der Waals surface area contributed by atoms with Crippen LogP contribution in [-0.4, -0.2) is 24.7 Å². The Kier molecular flexibility index (Phi) is 4.39. The molecule has 0 aliphatic heterocycles. The predicted octanol–water partition coefficient (Wildman–Crippen LogP) is 1.72. The van der Waals surface area contributed by atoms with Gasteiger partial charge in [0.15, 0.2) is 0 Å². The lowest BCUT2D eigenvalue weighted by Crippen LogP contribution is -2.43. The summed E-state index contributed by atoms with van der Waals surface area (Å²) in [6, 6.07) is 0.329. The first-order valence-electron chi connectivity index (χ1n) is 5.61. The average Bonchev–Trinajstić information content (AvgIpc) is 2.97. The number of hydrogen-bond donors (Lipinski definition) is 1. The van der Waals surface area contributed by atoms with Crippen LogP contribution in [0, 0.1) is 5.92 Å². The van der Waals surface area contributed by atoms with Crippen LogP contribution in [-0.2, 0) is 9.53 Å². The number of carbonyl (C=O) groups excluding carboxylic acids is 1. The van der Waals surface area contributed by atoms with Gasteiger partial charge in [0.2, 0.25) is 0 Å². The first kappa shape index (κ1) is 11.5. The highest BCUT2D eigenvalue weighted by Crippen LogP contribution is 2.34. The Hall–Kier alpha value is -0.570. The van der Waals surface area contributed by atoms with Crippen molar-refractivity contribution in [1.82, 2.24) is 5.32 Å². The van der Waals surface area contributed by atoms with Crippen LogP contribution in [0.2, 0.25) is 0 Å². The summed E-state index contributed by atoms with van der Waals surface area (Å²) in [5.74, 6) is 0.656. The Labute approximate surface area is 86.2 Å². The molecule has 1 fully saturated rings. The van der Waals surface area contributed by atoms with E-state index in [0.717, 1.165) is 12.3 Å². The number of nitrogens with one attached hydrogen (secondary N) is 1. The van der Waals surface area contributed by atoms with Crippen molar-refractivity contribution in [1.29, 1.82) is 0 Å². The number of esters is 1. The summed E-state index contributed by atoms with van der Waals surface area (Å²) in [4.78, 5) is 11.4. The smallest absolute Gasteiger partial charge is 0.322 e. The molecule has 2 unspecified atom stereocenters. The Morgan fingerprint density at radius 3 is 2.57 bits per heavy atom. The van der Waals surface area contributed by atoms with E-state index < -0.39 is 0 Å². The van der Waals surface area contributed by atoms with E-state index in [4.69, 9.17) is 4.74 Å². The summed E-state index contributed by atoms with van der Waals surface area (Å²) in [6.45, 7) is 6.34. The first-order valence-corrected chi connectivity index (χ1v) is 5.61. The van der Waals surface area contributed by atoms with Gasteiger partial charge in [0.05, 0.1) is 6.61 Å². The Morgan fingerprint density at radius 1 is 1.50 bits per heavy atom. The van der Waals surface area contributed by atoms with Crippen LogP contribution in [0.3, 0.4) is 0 Å². The number of carbonyl (C=O) groups is 1. The fourth-order valence-electron chi connectivity index (χ4n) is 1.74. The summed E-state index contributed by atoms with van der Waals surface area (Å²) in [6.07, 6.45) is 3.70. The van der Waals surface area contributed by atoms with Gasteiger partial charge in [0.1, 0.15) is 6.04 Å². The molecule has 0 radical (unpaired) electrons. The molecule has 14 heavy (non-hydrogen) atoms. The van der Waals surface area contributed by atoms with Gasteiger partial charge in [0.25, 0.3) is 0 Å². The fraction of sp³-hybridized carbons (Fsp3) is 0.909. The minimum absolute atomic E-state index is 0.133. The van der Waals surface area contributed by atoms with Crippen molar-refractivity contribution in [3.8, 4) is 0 Å². The Morgan fingerprint density at radius 2 is 2.14 bits per heavy atom. The summed E-state index contributed by atoms with van der Waals surface area (Å²) in [7, 11) is 0. The third-order valence-electron chi connectivity index (χ3n) is 2.74. The minimum atomic E-state index is -0.166. The highest BCUT2D eigenvalue weighted by molar-refractivity contribution is 5.75. The molecule has 1 aliphatic carbocycles. The third-order valence-corrected chi connectivity index (χ3v) is 2.74. The SMILES string of the molecule is CCOC(=O)C(C)NC(CC)C1CC1. The molecule has 82 valence electrons. The largest absolute Gasteiger partial charge is 0.465 e. The van der Waals surface area contributed by atoms with Gasteiger partial charge in [-0.1, -0.05) is 6.92 Å². The normalized spacial score (nSPS) is 20.2. The zero-order valence-electron chi connectivity index (χ0n) is 9.38.